The highest BCUT2D eigenvalue weighted by atomic mass is 16.6. The quantitative estimate of drug-likeness (QED) is 0.0610. The van der Waals surface area contributed by atoms with Crippen LogP contribution in [0.5, 0.6) is 0 Å². The van der Waals surface area contributed by atoms with Gasteiger partial charge in [0, 0.05) is 6.54 Å². The highest BCUT2D eigenvalue weighted by Gasteiger charge is 2.26. The van der Waals surface area contributed by atoms with Crippen LogP contribution in [0.25, 0.3) is 0 Å². The smallest absolute Gasteiger partial charge is 0.354 e. The van der Waals surface area contributed by atoms with Crippen molar-refractivity contribution in [3.8, 4) is 0 Å². The number of aromatic nitrogens is 2. The predicted molar refractivity (Wildman–Crippen MR) is 174 cm³/mol. The highest BCUT2D eigenvalue weighted by Crippen LogP contribution is 2.29. The Morgan fingerprint density at radius 1 is 0.721 bits per heavy atom. The lowest BCUT2D eigenvalue weighted by Crippen LogP contribution is -2.35. The standard InChI is InChI=1S/C34H48N6O3/c1-2-3-4-5-6-7-8-9-10-11-12-13-14-21-26-35-32-31(40(42)43)33(37-27-36-32)38-39-34(41)30(28-22-17-15-18-23-28)29-24-19-16-20-25-29/h15-20,22-25,27,30H,2-14,21,26H2,1H3,(H,39,41)(H2,35,36,37,38). The molecule has 3 aromatic rings. The van der Waals surface area contributed by atoms with Crippen LogP contribution in [-0.2, 0) is 4.79 Å². The van der Waals surface area contributed by atoms with Crippen LogP contribution in [-0.4, -0.2) is 27.3 Å². The van der Waals surface area contributed by atoms with Crippen LogP contribution in [0.1, 0.15) is 114 Å². The van der Waals surface area contributed by atoms with Gasteiger partial charge in [-0.25, -0.2) is 9.97 Å². The molecule has 0 saturated carbocycles. The van der Waals surface area contributed by atoms with Gasteiger partial charge in [-0.3, -0.25) is 25.8 Å². The average Bonchev–Trinajstić information content (AvgIpc) is 3.03. The zero-order valence-corrected chi connectivity index (χ0v) is 25.6. The van der Waals surface area contributed by atoms with E-state index in [1.807, 2.05) is 60.7 Å². The molecule has 0 unspecified atom stereocenters. The van der Waals surface area contributed by atoms with E-state index in [9.17, 15) is 14.9 Å². The number of hydrogen-bond donors (Lipinski definition) is 3. The Kier molecular flexibility index (Phi) is 15.6. The van der Waals surface area contributed by atoms with Crippen LogP contribution >= 0.6 is 0 Å². The molecule has 1 amide bonds. The molecule has 0 fully saturated rings. The van der Waals surface area contributed by atoms with Gasteiger partial charge in [-0.05, 0) is 17.5 Å². The lowest BCUT2D eigenvalue weighted by atomic mass is 9.91. The summed E-state index contributed by atoms with van der Waals surface area (Å²) in [5.41, 5.74) is 6.62. The van der Waals surface area contributed by atoms with Crippen molar-refractivity contribution in [2.24, 2.45) is 0 Å². The number of hydrazine groups is 1. The van der Waals surface area contributed by atoms with Gasteiger partial charge in [0.1, 0.15) is 6.33 Å². The van der Waals surface area contributed by atoms with Crippen molar-refractivity contribution >= 4 is 23.2 Å². The van der Waals surface area contributed by atoms with E-state index >= 15 is 0 Å². The van der Waals surface area contributed by atoms with Crippen molar-refractivity contribution < 1.29 is 9.72 Å². The molecule has 9 heteroatoms. The van der Waals surface area contributed by atoms with Gasteiger partial charge in [-0.15, -0.1) is 0 Å². The summed E-state index contributed by atoms with van der Waals surface area (Å²) < 4.78 is 0. The van der Waals surface area contributed by atoms with Gasteiger partial charge in [0.25, 0.3) is 0 Å². The number of amides is 1. The molecule has 0 aliphatic rings. The first-order valence-electron chi connectivity index (χ1n) is 16.0. The lowest BCUT2D eigenvalue weighted by Gasteiger charge is -2.18. The van der Waals surface area contributed by atoms with Crippen LogP contribution in [0.15, 0.2) is 67.0 Å². The van der Waals surface area contributed by atoms with Crippen molar-refractivity contribution in [3.05, 3.63) is 88.2 Å². The fraction of sp³-hybridized carbons (Fsp3) is 0.500. The van der Waals surface area contributed by atoms with E-state index in [1.54, 1.807) is 0 Å². The maximum atomic E-state index is 13.3. The van der Waals surface area contributed by atoms with E-state index < -0.39 is 10.8 Å². The number of nitrogens with one attached hydrogen (secondary N) is 3. The summed E-state index contributed by atoms with van der Waals surface area (Å²) in [6.45, 7) is 2.83. The molecule has 9 nitrogen and oxygen atoms in total. The number of carbonyl (C=O) groups is 1. The molecular formula is C34H48N6O3. The van der Waals surface area contributed by atoms with Gasteiger partial charge in [-0.2, -0.15) is 0 Å². The molecule has 2 aromatic carbocycles. The fourth-order valence-electron chi connectivity index (χ4n) is 5.28. The van der Waals surface area contributed by atoms with E-state index in [4.69, 9.17) is 0 Å². The molecule has 0 bridgehead atoms. The minimum absolute atomic E-state index is 0.0725. The van der Waals surface area contributed by atoms with Gasteiger partial charge in [-0.1, -0.05) is 151 Å². The monoisotopic (exact) mass is 588 g/mol. The summed E-state index contributed by atoms with van der Waals surface area (Å²) in [5, 5.41) is 15.1. The number of carbonyl (C=O) groups excluding carboxylic acids is 1. The van der Waals surface area contributed by atoms with Crippen molar-refractivity contribution in [2.45, 2.75) is 103 Å². The molecule has 232 valence electrons. The second-order valence-corrected chi connectivity index (χ2v) is 11.1. The Hall–Kier alpha value is -4.01. The molecule has 3 rings (SSSR count). The predicted octanol–water partition coefficient (Wildman–Crippen LogP) is 8.55. The van der Waals surface area contributed by atoms with Crippen LogP contribution in [0.2, 0.25) is 0 Å². The van der Waals surface area contributed by atoms with Crippen molar-refractivity contribution in [1.82, 2.24) is 15.4 Å². The van der Waals surface area contributed by atoms with Gasteiger partial charge >= 0.3 is 5.69 Å². The van der Waals surface area contributed by atoms with Crippen LogP contribution in [0.3, 0.4) is 0 Å². The summed E-state index contributed by atoms with van der Waals surface area (Å²) in [7, 11) is 0. The van der Waals surface area contributed by atoms with Crippen molar-refractivity contribution in [1.29, 1.82) is 0 Å². The SMILES string of the molecule is CCCCCCCCCCCCCCCCNc1ncnc(NNC(=O)C(c2ccccc2)c2ccccc2)c1[N+](=O)[O-]. The fourth-order valence-corrected chi connectivity index (χ4v) is 5.28. The first-order valence-corrected chi connectivity index (χ1v) is 16.0. The minimum atomic E-state index is -0.603. The molecule has 43 heavy (non-hydrogen) atoms. The molecular weight excluding hydrogens is 540 g/mol. The number of unbranched alkanes of at least 4 members (excludes halogenated alkanes) is 13. The van der Waals surface area contributed by atoms with E-state index in [1.165, 1.54) is 77.0 Å². The summed E-state index contributed by atoms with van der Waals surface area (Å²) >= 11 is 0. The number of nitrogens with zero attached hydrogens (tertiary/aromatic N) is 3. The number of benzene rings is 2. The Labute approximate surface area is 256 Å². The minimum Gasteiger partial charge on any atom is -0.364 e. The van der Waals surface area contributed by atoms with Gasteiger partial charge in [0.2, 0.25) is 17.5 Å². The van der Waals surface area contributed by atoms with Crippen LogP contribution < -0.4 is 16.2 Å². The zero-order valence-electron chi connectivity index (χ0n) is 25.6. The number of rotatable bonds is 22. The van der Waals surface area contributed by atoms with E-state index in [0.29, 0.717) is 6.54 Å². The third kappa shape index (κ3) is 12.0. The van der Waals surface area contributed by atoms with Crippen molar-refractivity contribution in [2.75, 3.05) is 17.3 Å². The molecule has 0 atom stereocenters. The highest BCUT2D eigenvalue weighted by molar-refractivity contribution is 5.88. The molecule has 1 heterocycles. The summed E-state index contributed by atoms with van der Waals surface area (Å²) in [6, 6.07) is 18.8. The molecule has 3 N–H and O–H groups in total. The van der Waals surface area contributed by atoms with E-state index in [-0.39, 0.29) is 23.2 Å². The third-order valence-electron chi connectivity index (χ3n) is 7.66. The molecule has 0 spiro atoms. The summed E-state index contributed by atoms with van der Waals surface area (Å²) in [5.74, 6) is -0.901. The van der Waals surface area contributed by atoms with Crippen molar-refractivity contribution in [3.63, 3.8) is 0 Å². The zero-order chi connectivity index (χ0) is 30.5. The molecule has 0 aliphatic carbocycles. The van der Waals surface area contributed by atoms with Gasteiger partial charge < -0.3 is 5.32 Å². The Bertz CT molecular complexity index is 1170. The molecule has 0 saturated heterocycles. The topological polar surface area (TPSA) is 122 Å². The second kappa shape index (κ2) is 20.0. The van der Waals surface area contributed by atoms with E-state index in [2.05, 4.69) is 33.1 Å². The Morgan fingerprint density at radius 3 is 1.67 bits per heavy atom. The average molecular weight is 589 g/mol. The maximum absolute atomic E-state index is 13.3. The van der Waals surface area contributed by atoms with Crippen LogP contribution in [0.4, 0.5) is 17.3 Å². The van der Waals surface area contributed by atoms with E-state index in [0.717, 1.165) is 30.4 Å². The summed E-state index contributed by atoms with van der Waals surface area (Å²) in [4.78, 5) is 32.9. The Balaban J connectivity index is 1.42. The normalized spacial score (nSPS) is 10.9. The number of anilines is 2. The number of hydrogen-bond acceptors (Lipinski definition) is 7. The van der Waals surface area contributed by atoms with Gasteiger partial charge in [0.05, 0.1) is 10.8 Å². The maximum Gasteiger partial charge on any atom is 0.354 e. The Morgan fingerprint density at radius 2 is 1.19 bits per heavy atom. The molecule has 1 aromatic heterocycles. The third-order valence-corrected chi connectivity index (χ3v) is 7.66. The summed E-state index contributed by atoms with van der Waals surface area (Å²) in [6.07, 6.45) is 19.1. The largest absolute Gasteiger partial charge is 0.364 e. The van der Waals surface area contributed by atoms with Gasteiger partial charge in [0.15, 0.2) is 0 Å². The van der Waals surface area contributed by atoms with Crippen LogP contribution in [0, 0.1) is 10.1 Å². The first kappa shape index (κ1) is 33.5. The molecule has 0 radical (unpaired) electrons. The first-order chi connectivity index (χ1) is 21.1. The number of nitro groups is 1. The lowest BCUT2D eigenvalue weighted by molar-refractivity contribution is -0.383. The molecule has 0 aliphatic heterocycles. The second-order valence-electron chi connectivity index (χ2n) is 11.1.